The second-order valence-corrected chi connectivity index (χ2v) is 8.85. The molecule has 4 rings (SSSR count). The zero-order chi connectivity index (χ0) is 22.3. The van der Waals surface area contributed by atoms with Crippen LogP contribution in [0.2, 0.25) is 0 Å². The lowest BCUT2D eigenvalue weighted by Gasteiger charge is -2.31. The second kappa shape index (κ2) is 10.8. The first-order valence-electron chi connectivity index (χ1n) is 10.9. The molecule has 0 atom stereocenters. The standard InChI is InChI=1S/C24H27BrN2O5/c25-19-7-5-17(6-8-19)22(28)18-9-12-27(13-10-18)11-2-14-32-24(29)26-20-3-1-4-21-23(20)31-16-15-30-21/h1,3-8,18H,2,9-16H2,(H,26,29). The molecule has 2 heterocycles. The van der Waals surface area contributed by atoms with Crippen LogP contribution in [0.15, 0.2) is 46.9 Å². The van der Waals surface area contributed by atoms with E-state index in [9.17, 15) is 9.59 Å². The van der Waals surface area contributed by atoms with Crippen molar-refractivity contribution in [2.45, 2.75) is 19.3 Å². The van der Waals surface area contributed by atoms with E-state index in [2.05, 4.69) is 26.1 Å². The molecule has 32 heavy (non-hydrogen) atoms. The zero-order valence-corrected chi connectivity index (χ0v) is 19.4. The largest absolute Gasteiger partial charge is 0.486 e. The van der Waals surface area contributed by atoms with Crippen molar-refractivity contribution in [1.82, 2.24) is 4.90 Å². The maximum atomic E-state index is 12.7. The molecule has 1 fully saturated rings. The Morgan fingerprint density at radius 3 is 2.59 bits per heavy atom. The molecule has 0 spiro atoms. The van der Waals surface area contributed by atoms with Crippen molar-refractivity contribution in [3.63, 3.8) is 0 Å². The molecule has 2 aromatic rings. The van der Waals surface area contributed by atoms with Gasteiger partial charge in [0, 0.05) is 22.5 Å². The summed E-state index contributed by atoms with van der Waals surface area (Å²) >= 11 is 3.40. The topological polar surface area (TPSA) is 77.1 Å². The number of carbonyl (C=O) groups is 2. The van der Waals surface area contributed by atoms with Crippen LogP contribution < -0.4 is 14.8 Å². The Morgan fingerprint density at radius 2 is 1.81 bits per heavy atom. The number of nitrogens with one attached hydrogen (secondary N) is 1. The Morgan fingerprint density at radius 1 is 1.06 bits per heavy atom. The van der Waals surface area contributed by atoms with Crippen molar-refractivity contribution in [2.24, 2.45) is 5.92 Å². The quantitative estimate of drug-likeness (QED) is 0.434. The summed E-state index contributed by atoms with van der Waals surface area (Å²) in [6, 6.07) is 12.9. The number of nitrogens with zero attached hydrogens (tertiary/aromatic N) is 1. The van der Waals surface area contributed by atoms with Gasteiger partial charge in [0.1, 0.15) is 13.2 Å². The number of para-hydroxylation sites is 1. The van der Waals surface area contributed by atoms with E-state index in [1.807, 2.05) is 24.3 Å². The Hall–Kier alpha value is -2.58. The molecule has 170 valence electrons. The Bertz CT molecular complexity index is 942. The van der Waals surface area contributed by atoms with Gasteiger partial charge in [-0.15, -0.1) is 0 Å². The molecule has 2 aromatic carbocycles. The lowest BCUT2D eigenvalue weighted by atomic mass is 9.89. The number of hydrogen-bond acceptors (Lipinski definition) is 6. The van der Waals surface area contributed by atoms with Crippen molar-refractivity contribution >= 4 is 33.5 Å². The maximum absolute atomic E-state index is 12.7. The van der Waals surface area contributed by atoms with Crippen molar-refractivity contribution in [3.8, 4) is 11.5 Å². The number of carbonyl (C=O) groups excluding carboxylic acids is 2. The predicted octanol–water partition coefficient (Wildman–Crippen LogP) is 4.75. The minimum Gasteiger partial charge on any atom is -0.486 e. The van der Waals surface area contributed by atoms with Gasteiger partial charge in [-0.1, -0.05) is 34.1 Å². The summed E-state index contributed by atoms with van der Waals surface area (Å²) in [5.74, 6) is 1.47. The lowest BCUT2D eigenvalue weighted by molar-refractivity contribution is 0.0830. The fourth-order valence-electron chi connectivity index (χ4n) is 4.04. The average molecular weight is 503 g/mol. The smallest absolute Gasteiger partial charge is 0.411 e. The summed E-state index contributed by atoms with van der Waals surface area (Å²) < 4.78 is 17.4. The Kier molecular flexibility index (Phi) is 7.65. The minimum atomic E-state index is -0.508. The number of ether oxygens (including phenoxy) is 3. The molecule has 0 aromatic heterocycles. The molecule has 2 aliphatic rings. The predicted molar refractivity (Wildman–Crippen MR) is 125 cm³/mol. The maximum Gasteiger partial charge on any atom is 0.411 e. The number of ketones is 1. The molecular weight excluding hydrogens is 476 g/mol. The van der Waals surface area contributed by atoms with Crippen LogP contribution in [0.3, 0.4) is 0 Å². The molecule has 0 saturated carbocycles. The molecule has 8 heteroatoms. The van der Waals surface area contributed by atoms with Crippen LogP contribution >= 0.6 is 15.9 Å². The number of likely N-dealkylation sites (tertiary alicyclic amines) is 1. The first kappa shape index (κ1) is 22.6. The SMILES string of the molecule is O=C(Nc1cccc2c1OCCO2)OCCCN1CCC(C(=O)c2ccc(Br)cc2)CC1. The van der Waals surface area contributed by atoms with Gasteiger partial charge < -0.3 is 19.1 Å². The average Bonchev–Trinajstić information content (AvgIpc) is 2.82. The number of anilines is 1. The second-order valence-electron chi connectivity index (χ2n) is 7.93. The molecule has 1 amide bonds. The number of rotatable bonds is 7. The summed E-state index contributed by atoms with van der Waals surface area (Å²) in [6.07, 6.45) is 1.95. The van der Waals surface area contributed by atoms with Gasteiger partial charge >= 0.3 is 6.09 Å². The van der Waals surface area contributed by atoms with Crippen LogP contribution in [0.4, 0.5) is 10.5 Å². The summed E-state index contributed by atoms with van der Waals surface area (Å²) in [5, 5.41) is 2.73. The zero-order valence-electron chi connectivity index (χ0n) is 17.8. The van der Waals surface area contributed by atoms with E-state index in [0.717, 1.165) is 48.9 Å². The highest BCUT2D eigenvalue weighted by atomic mass is 79.9. The number of hydrogen-bond donors (Lipinski definition) is 1. The highest BCUT2D eigenvalue weighted by molar-refractivity contribution is 9.10. The number of halogens is 1. The fraction of sp³-hybridized carbons (Fsp3) is 0.417. The molecule has 0 radical (unpaired) electrons. The molecule has 2 aliphatic heterocycles. The van der Waals surface area contributed by atoms with E-state index in [0.29, 0.717) is 37.0 Å². The first-order valence-corrected chi connectivity index (χ1v) is 11.7. The van der Waals surface area contributed by atoms with E-state index in [1.165, 1.54) is 0 Å². The van der Waals surface area contributed by atoms with Crippen LogP contribution in [0.25, 0.3) is 0 Å². The van der Waals surface area contributed by atoms with E-state index in [1.54, 1.807) is 18.2 Å². The van der Waals surface area contributed by atoms with Crippen LogP contribution in [-0.4, -0.2) is 56.2 Å². The summed E-state index contributed by atoms with van der Waals surface area (Å²) in [4.78, 5) is 27.1. The van der Waals surface area contributed by atoms with E-state index in [4.69, 9.17) is 14.2 Å². The number of piperidine rings is 1. The molecular formula is C24H27BrN2O5. The van der Waals surface area contributed by atoms with Gasteiger partial charge in [-0.2, -0.15) is 0 Å². The first-order chi connectivity index (χ1) is 15.6. The highest BCUT2D eigenvalue weighted by Gasteiger charge is 2.25. The van der Waals surface area contributed by atoms with Gasteiger partial charge in [0.05, 0.1) is 12.3 Å². The molecule has 0 aliphatic carbocycles. The fourth-order valence-corrected chi connectivity index (χ4v) is 4.30. The van der Waals surface area contributed by atoms with Gasteiger partial charge in [0.15, 0.2) is 17.3 Å². The van der Waals surface area contributed by atoms with Crippen molar-refractivity contribution in [3.05, 3.63) is 52.5 Å². The van der Waals surface area contributed by atoms with E-state index >= 15 is 0 Å². The Labute approximate surface area is 196 Å². The van der Waals surface area contributed by atoms with E-state index < -0.39 is 6.09 Å². The number of benzene rings is 2. The molecule has 0 unspecified atom stereocenters. The number of fused-ring (bicyclic) bond motifs is 1. The summed E-state index contributed by atoms with van der Waals surface area (Å²) in [7, 11) is 0. The molecule has 0 bridgehead atoms. The van der Waals surface area contributed by atoms with Crippen molar-refractivity contribution in [1.29, 1.82) is 0 Å². The molecule has 1 saturated heterocycles. The van der Waals surface area contributed by atoms with Gasteiger partial charge in [0.2, 0.25) is 0 Å². The van der Waals surface area contributed by atoms with Crippen LogP contribution in [0.5, 0.6) is 11.5 Å². The van der Waals surface area contributed by atoms with Crippen LogP contribution in [0.1, 0.15) is 29.6 Å². The molecule has 1 N–H and O–H groups in total. The molecule has 7 nitrogen and oxygen atoms in total. The minimum absolute atomic E-state index is 0.0810. The van der Waals surface area contributed by atoms with Crippen molar-refractivity contribution in [2.75, 3.05) is 44.8 Å². The van der Waals surface area contributed by atoms with Gasteiger partial charge in [0.25, 0.3) is 0 Å². The lowest BCUT2D eigenvalue weighted by Crippen LogP contribution is -2.37. The normalized spacial score (nSPS) is 16.4. The van der Waals surface area contributed by atoms with Crippen LogP contribution in [-0.2, 0) is 4.74 Å². The third kappa shape index (κ3) is 5.81. The monoisotopic (exact) mass is 502 g/mol. The van der Waals surface area contributed by atoms with Crippen molar-refractivity contribution < 1.29 is 23.8 Å². The van der Waals surface area contributed by atoms with Gasteiger partial charge in [-0.05, 0) is 56.6 Å². The third-order valence-corrected chi connectivity index (χ3v) is 6.27. The van der Waals surface area contributed by atoms with Gasteiger partial charge in [-0.25, -0.2) is 4.79 Å². The Balaban J connectivity index is 1.14. The third-order valence-electron chi connectivity index (χ3n) is 5.74. The number of Topliss-reactive ketones (excluding diaryl/α,β-unsaturated/α-hetero) is 1. The summed E-state index contributed by atoms with van der Waals surface area (Å²) in [6.45, 7) is 3.88. The van der Waals surface area contributed by atoms with E-state index in [-0.39, 0.29) is 11.7 Å². The van der Waals surface area contributed by atoms with Crippen LogP contribution in [0, 0.1) is 5.92 Å². The number of amides is 1. The summed E-state index contributed by atoms with van der Waals surface area (Å²) in [5.41, 5.74) is 1.33. The highest BCUT2D eigenvalue weighted by Crippen LogP contribution is 2.37. The van der Waals surface area contributed by atoms with Gasteiger partial charge in [-0.3, -0.25) is 10.1 Å².